The molecule has 0 aromatic rings. The van der Waals surface area contributed by atoms with Gasteiger partial charge in [-0.15, -0.1) is 0 Å². The molecular weight excluding hydrogens is 152 g/mol. The largest absolute Gasteiger partial charge is 0.478 e. The molecule has 2 nitrogen and oxygen atoms in total. The number of carbonyl (C=O) groups is 1. The normalized spacial score (nSPS) is 30.0. The van der Waals surface area contributed by atoms with E-state index in [0.717, 1.165) is 18.4 Å². The minimum absolute atomic E-state index is 0.652. The lowest BCUT2D eigenvalue weighted by Gasteiger charge is -2.25. The fourth-order valence-electron chi connectivity index (χ4n) is 2.12. The van der Waals surface area contributed by atoms with Crippen LogP contribution in [0.1, 0.15) is 33.1 Å². The summed E-state index contributed by atoms with van der Waals surface area (Å²) in [5, 5.41) is 8.56. The average Bonchev–Trinajstić information content (AvgIpc) is 1.81. The maximum atomic E-state index is 10.4. The summed E-state index contributed by atoms with van der Waals surface area (Å²) in [4.78, 5) is 10.4. The van der Waals surface area contributed by atoms with Gasteiger partial charge in [0, 0.05) is 6.08 Å². The Hall–Kier alpha value is -0.790. The molecule has 1 aliphatic carbocycles. The monoisotopic (exact) mass is 168 g/mol. The van der Waals surface area contributed by atoms with E-state index in [0.29, 0.717) is 11.8 Å². The summed E-state index contributed by atoms with van der Waals surface area (Å²) in [6, 6.07) is 0. The Bertz CT molecular complexity index is 194. The van der Waals surface area contributed by atoms with E-state index in [9.17, 15) is 4.79 Å². The van der Waals surface area contributed by atoms with Crippen LogP contribution < -0.4 is 0 Å². The third-order valence-electron chi connectivity index (χ3n) is 2.35. The predicted molar refractivity (Wildman–Crippen MR) is 47.9 cm³/mol. The van der Waals surface area contributed by atoms with Crippen LogP contribution >= 0.6 is 0 Å². The van der Waals surface area contributed by atoms with Crippen molar-refractivity contribution in [1.82, 2.24) is 0 Å². The fraction of sp³-hybridized carbons (Fsp3) is 0.700. The molecule has 2 unspecified atom stereocenters. The molecule has 1 aliphatic rings. The summed E-state index contributed by atoms with van der Waals surface area (Å²) in [6.45, 7) is 4.37. The van der Waals surface area contributed by atoms with Crippen LogP contribution in [-0.4, -0.2) is 11.1 Å². The molecule has 2 atom stereocenters. The molecule has 0 aromatic heterocycles. The van der Waals surface area contributed by atoms with Crippen molar-refractivity contribution in [2.45, 2.75) is 33.1 Å². The lowest BCUT2D eigenvalue weighted by atomic mass is 9.80. The van der Waals surface area contributed by atoms with Crippen LogP contribution in [0, 0.1) is 11.8 Å². The number of rotatable bonds is 1. The van der Waals surface area contributed by atoms with Crippen molar-refractivity contribution in [2.75, 3.05) is 0 Å². The lowest BCUT2D eigenvalue weighted by Crippen LogP contribution is -2.13. The second kappa shape index (κ2) is 3.74. The molecule has 0 heterocycles. The highest BCUT2D eigenvalue weighted by Crippen LogP contribution is 2.31. The van der Waals surface area contributed by atoms with Crippen molar-refractivity contribution >= 4 is 5.97 Å². The summed E-state index contributed by atoms with van der Waals surface area (Å²) in [7, 11) is 0. The van der Waals surface area contributed by atoms with E-state index in [1.165, 1.54) is 12.5 Å². The van der Waals surface area contributed by atoms with E-state index >= 15 is 0 Å². The van der Waals surface area contributed by atoms with Gasteiger partial charge in [0.15, 0.2) is 0 Å². The average molecular weight is 168 g/mol. The van der Waals surface area contributed by atoms with Crippen molar-refractivity contribution in [3.05, 3.63) is 11.6 Å². The fourth-order valence-corrected chi connectivity index (χ4v) is 2.12. The van der Waals surface area contributed by atoms with Gasteiger partial charge in [0.25, 0.3) is 0 Å². The Morgan fingerprint density at radius 1 is 1.42 bits per heavy atom. The Balaban J connectivity index is 2.61. The highest BCUT2D eigenvalue weighted by molar-refractivity contribution is 5.80. The van der Waals surface area contributed by atoms with Crippen molar-refractivity contribution < 1.29 is 9.90 Å². The molecule has 1 saturated carbocycles. The summed E-state index contributed by atoms with van der Waals surface area (Å²) < 4.78 is 0. The third-order valence-corrected chi connectivity index (χ3v) is 2.35. The molecule has 0 spiro atoms. The van der Waals surface area contributed by atoms with E-state index in [4.69, 9.17) is 5.11 Å². The molecule has 0 aliphatic heterocycles. The third kappa shape index (κ3) is 2.68. The minimum atomic E-state index is -0.800. The molecule has 12 heavy (non-hydrogen) atoms. The lowest BCUT2D eigenvalue weighted by molar-refractivity contribution is -0.131. The first-order chi connectivity index (χ1) is 5.58. The van der Waals surface area contributed by atoms with Crippen LogP contribution in [0.3, 0.4) is 0 Å². The number of allylic oxidation sites excluding steroid dienone is 1. The Kier molecular flexibility index (Phi) is 2.90. The van der Waals surface area contributed by atoms with Crippen LogP contribution in [-0.2, 0) is 4.79 Å². The quantitative estimate of drug-likeness (QED) is 0.610. The molecule has 1 fully saturated rings. The minimum Gasteiger partial charge on any atom is -0.478 e. The zero-order valence-corrected chi connectivity index (χ0v) is 7.71. The predicted octanol–water partition coefficient (Wildman–Crippen LogP) is 2.45. The number of carboxylic acids is 1. The number of hydrogen-bond donors (Lipinski definition) is 1. The van der Waals surface area contributed by atoms with E-state index in [1.807, 2.05) is 0 Å². The zero-order chi connectivity index (χ0) is 9.14. The van der Waals surface area contributed by atoms with Crippen molar-refractivity contribution in [3.63, 3.8) is 0 Å². The van der Waals surface area contributed by atoms with Crippen molar-refractivity contribution in [2.24, 2.45) is 11.8 Å². The van der Waals surface area contributed by atoms with Crippen LogP contribution in [0.2, 0.25) is 0 Å². The van der Waals surface area contributed by atoms with Crippen LogP contribution in [0.4, 0.5) is 0 Å². The van der Waals surface area contributed by atoms with Gasteiger partial charge < -0.3 is 5.11 Å². The molecule has 2 heteroatoms. The van der Waals surface area contributed by atoms with Gasteiger partial charge in [-0.25, -0.2) is 4.79 Å². The van der Waals surface area contributed by atoms with Gasteiger partial charge in [-0.05, 0) is 31.1 Å². The van der Waals surface area contributed by atoms with Gasteiger partial charge >= 0.3 is 5.97 Å². The molecular formula is C10H16O2. The molecule has 68 valence electrons. The van der Waals surface area contributed by atoms with Gasteiger partial charge in [0.1, 0.15) is 0 Å². The molecule has 0 bridgehead atoms. The first-order valence-electron chi connectivity index (χ1n) is 4.50. The van der Waals surface area contributed by atoms with Crippen molar-refractivity contribution in [1.29, 1.82) is 0 Å². The number of aliphatic carboxylic acids is 1. The molecule has 1 rings (SSSR count). The summed E-state index contributed by atoms with van der Waals surface area (Å²) in [5.74, 6) is 0.505. The Morgan fingerprint density at radius 3 is 2.33 bits per heavy atom. The van der Waals surface area contributed by atoms with E-state index in [2.05, 4.69) is 13.8 Å². The smallest absolute Gasteiger partial charge is 0.328 e. The molecule has 0 amide bonds. The number of carboxylic acid groups (broad SMARTS) is 1. The zero-order valence-electron chi connectivity index (χ0n) is 7.71. The SMILES string of the molecule is CC1CC(=CC(=O)O)CC(C)C1. The molecule has 1 N–H and O–H groups in total. The summed E-state index contributed by atoms with van der Waals surface area (Å²) in [5.41, 5.74) is 1.11. The van der Waals surface area contributed by atoms with Crippen LogP contribution in [0.25, 0.3) is 0 Å². The second-order valence-electron chi connectivity index (χ2n) is 4.00. The van der Waals surface area contributed by atoms with Gasteiger partial charge in [0.05, 0.1) is 0 Å². The summed E-state index contributed by atoms with van der Waals surface area (Å²) in [6.07, 6.45) is 4.55. The highest BCUT2D eigenvalue weighted by atomic mass is 16.4. The Labute approximate surface area is 73.3 Å². The van der Waals surface area contributed by atoms with Crippen molar-refractivity contribution in [3.8, 4) is 0 Å². The van der Waals surface area contributed by atoms with Gasteiger partial charge in [0.2, 0.25) is 0 Å². The first kappa shape index (κ1) is 9.30. The van der Waals surface area contributed by atoms with E-state index in [-0.39, 0.29) is 0 Å². The second-order valence-corrected chi connectivity index (χ2v) is 4.00. The maximum Gasteiger partial charge on any atom is 0.328 e. The molecule has 0 saturated heterocycles. The summed E-state index contributed by atoms with van der Waals surface area (Å²) >= 11 is 0. The topological polar surface area (TPSA) is 37.3 Å². The van der Waals surface area contributed by atoms with E-state index in [1.54, 1.807) is 0 Å². The van der Waals surface area contributed by atoms with Crippen LogP contribution in [0.5, 0.6) is 0 Å². The molecule has 0 radical (unpaired) electrons. The molecule has 0 aromatic carbocycles. The maximum absolute atomic E-state index is 10.4. The van der Waals surface area contributed by atoms with Gasteiger partial charge in [-0.3, -0.25) is 0 Å². The first-order valence-corrected chi connectivity index (χ1v) is 4.50. The Morgan fingerprint density at radius 2 is 1.92 bits per heavy atom. The van der Waals surface area contributed by atoms with E-state index < -0.39 is 5.97 Å². The highest BCUT2D eigenvalue weighted by Gasteiger charge is 2.19. The van der Waals surface area contributed by atoms with Gasteiger partial charge in [-0.1, -0.05) is 19.4 Å². The van der Waals surface area contributed by atoms with Gasteiger partial charge in [-0.2, -0.15) is 0 Å². The standard InChI is InChI=1S/C10H16O2/c1-7-3-8(2)5-9(4-7)6-10(11)12/h6-8H,3-5H2,1-2H3,(H,11,12). The number of hydrogen-bond acceptors (Lipinski definition) is 1. The van der Waals surface area contributed by atoms with Crippen LogP contribution in [0.15, 0.2) is 11.6 Å².